The minimum absolute atomic E-state index is 0.0487. The molecule has 0 unspecified atom stereocenters. The number of nitrogens with one attached hydrogen (secondary N) is 1. The molecule has 0 aromatic heterocycles. The van der Waals surface area contributed by atoms with Gasteiger partial charge in [-0.3, -0.25) is 9.59 Å². The summed E-state index contributed by atoms with van der Waals surface area (Å²) in [5, 5.41) is 2.79. The fourth-order valence-electron chi connectivity index (χ4n) is 6.12. The lowest BCUT2D eigenvalue weighted by Crippen LogP contribution is -2.42. The number of hydrogen-bond acceptors (Lipinski definition) is 3. The molecule has 4 atom stereocenters. The van der Waals surface area contributed by atoms with E-state index in [4.69, 9.17) is 4.74 Å². The van der Waals surface area contributed by atoms with Crippen molar-refractivity contribution in [3.05, 3.63) is 42.0 Å². The number of fused-ring (bicyclic) bond motifs is 5. The van der Waals surface area contributed by atoms with Crippen LogP contribution in [0.1, 0.15) is 68.9 Å². The van der Waals surface area contributed by atoms with Gasteiger partial charge in [0.1, 0.15) is 11.5 Å². The number of aryl methyl sites for hydroxylation is 1. The summed E-state index contributed by atoms with van der Waals surface area (Å²) >= 11 is 0. The highest BCUT2D eigenvalue weighted by Gasteiger charge is 2.54. The van der Waals surface area contributed by atoms with Gasteiger partial charge in [0.15, 0.2) is 0 Å². The molecule has 0 heterocycles. The number of benzene rings is 1. The van der Waals surface area contributed by atoms with E-state index in [0.717, 1.165) is 50.7 Å². The van der Waals surface area contributed by atoms with E-state index >= 15 is 0 Å². The van der Waals surface area contributed by atoms with Crippen LogP contribution in [0.5, 0.6) is 5.75 Å². The lowest BCUT2D eigenvalue weighted by atomic mass is 9.55. The largest absolute Gasteiger partial charge is 0.494 e. The van der Waals surface area contributed by atoms with Crippen LogP contribution in [0.3, 0.4) is 0 Å². The average molecular weight is 396 g/mol. The molecule has 1 N–H and O–H groups in total. The topological polar surface area (TPSA) is 55.4 Å². The third-order valence-corrected chi connectivity index (χ3v) is 7.73. The van der Waals surface area contributed by atoms with Gasteiger partial charge in [-0.05, 0) is 92.0 Å². The Labute approximate surface area is 174 Å². The molecule has 0 spiro atoms. The van der Waals surface area contributed by atoms with Gasteiger partial charge in [-0.1, -0.05) is 19.6 Å². The molecule has 4 rings (SSSR count). The monoisotopic (exact) mass is 395 g/mol. The van der Waals surface area contributed by atoms with E-state index in [1.54, 1.807) is 0 Å². The SMILES string of the molecule is C=CC(=O)NCCCCOc1ccc2c(c1)CC[C@@H]1[C@@H]2CC[C@]2(C)C(=O)CC[C@@H]12. The number of amides is 1. The zero-order chi connectivity index (χ0) is 20.4. The fraction of sp³-hybridized carbons (Fsp3) is 0.600. The molecule has 3 aliphatic rings. The first-order chi connectivity index (χ1) is 14.0. The minimum atomic E-state index is -0.121. The van der Waals surface area contributed by atoms with Crippen LogP contribution < -0.4 is 10.1 Å². The van der Waals surface area contributed by atoms with Gasteiger partial charge in [0, 0.05) is 18.4 Å². The standard InChI is InChI=1S/C25H33NO3/c1-3-24(28)26-14-4-5-15-29-18-7-9-19-17(16-18)6-8-21-20(19)12-13-25(2)22(21)10-11-23(25)27/h3,7,9,16,20-22H,1,4-6,8,10-15H2,2H3,(H,26,28)/t20-,21-,22+,25+/m1/s1. The van der Waals surface area contributed by atoms with E-state index in [2.05, 4.69) is 37.0 Å². The molecule has 0 radical (unpaired) electrons. The van der Waals surface area contributed by atoms with Gasteiger partial charge >= 0.3 is 0 Å². The van der Waals surface area contributed by atoms with Crippen molar-refractivity contribution in [3.63, 3.8) is 0 Å². The fourth-order valence-corrected chi connectivity index (χ4v) is 6.12. The molecule has 4 nitrogen and oxygen atoms in total. The summed E-state index contributed by atoms with van der Waals surface area (Å²) in [6, 6.07) is 6.64. The minimum Gasteiger partial charge on any atom is -0.494 e. The number of carbonyl (C=O) groups excluding carboxylic acids is 2. The lowest BCUT2D eigenvalue weighted by Gasteiger charge is -2.48. The van der Waals surface area contributed by atoms with Crippen molar-refractivity contribution in [1.82, 2.24) is 5.32 Å². The van der Waals surface area contributed by atoms with Crippen LogP contribution in [0.2, 0.25) is 0 Å². The summed E-state index contributed by atoms with van der Waals surface area (Å²) in [5.41, 5.74) is 2.89. The molecule has 1 aromatic rings. The second-order valence-electron chi connectivity index (χ2n) is 9.24. The summed E-state index contributed by atoms with van der Waals surface area (Å²) in [6.07, 6.45) is 9.50. The molecule has 1 aromatic carbocycles. The predicted octanol–water partition coefficient (Wildman–Crippen LogP) is 4.57. The van der Waals surface area contributed by atoms with E-state index in [1.165, 1.54) is 23.6 Å². The maximum Gasteiger partial charge on any atom is 0.243 e. The summed E-state index contributed by atoms with van der Waals surface area (Å²) < 4.78 is 5.96. The first-order valence-corrected chi connectivity index (χ1v) is 11.2. The number of unbranched alkanes of at least 4 members (excludes halogenated alkanes) is 1. The van der Waals surface area contributed by atoms with Crippen molar-refractivity contribution in [1.29, 1.82) is 0 Å². The van der Waals surface area contributed by atoms with E-state index in [1.807, 2.05) is 0 Å². The second-order valence-corrected chi connectivity index (χ2v) is 9.24. The van der Waals surface area contributed by atoms with E-state index in [9.17, 15) is 9.59 Å². The van der Waals surface area contributed by atoms with Crippen LogP contribution in [0.4, 0.5) is 0 Å². The maximum atomic E-state index is 12.5. The molecule has 2 fully saturated rings. The Bertz CT molecular complexity index is 801. The van der Waals surface area contributed by atoms with Gasteiger partial charge in [-0.25, -0.2) is 0 Å². The average Bonchev–Trinajstić information content (AvgIpc) is 3.04. The highest BCUT2D eigenvalue weighted by Crippen LogP contribution is 2.59. The number of Topliss-reactive ketones (excluding diaryl/α,β-unsaturated/α-hetero) is 1. The Balaban J connectivity index is 1.34. The highest BCUT2D eigenvalue weighted by atomic mass is 16.5. The van der Waals surface area contributed by atoms with E-state index in [0.29, 0.717) is 36.7 Å². The highest BCUT2D eigenvalue weighted by molar-refractivity contribution is 5.87. The predicted molar refractivity (Wildman–Crippen MR) is 114 cm³/mol. The van der Waals surface area contributed by atoms with Gasteiger partial charge < -0.3 is 10.1 Å². The van der Waals surface area contributed by atoms with Crippen LogP contribution >= 0.6 is 0 Å². The number of rotatable bonds is 7. The van der Waals surface area contributed by atoms with Crippen LogP contribution in [0.25, 0.3) is 0 Å². The molecule has 29 heavy (non-hydrogen) atoms. The first-order valence-electron chi connectivity index (χ1n) is 11.2. The summed E-state index contributed by atoms with van der Waals surface area (Å²) in [4.78, 5) is 23.6. The van der Waals surface area contributed by atoms with Crippen molar-refractivity contribution in [2.45, 2.75) is 64.2 Å². The number of ether oxygens (including phenoxy) is 1. The van der Waals surface area contributed by atoms with Gasteiger partial charge in [0.05, 0.1) is 6.61 Å². The van der Waals surface area contributed by atoms with Gasteiger partial charge in [-0.15, -0.1) is 0 Å². The van der Waals surface area contributed by atoms with Crippen molar-refractivity contribution in [2.75, 3.05) is 13.2 Å². The molecule has 0 bridgehead atoms. The van der Waals surface area contributed by atoms with E-state index < -0.39 is 0 Å². The Kier molecular flexibility index (Phi) is 5.80. The van der Waals surface area contributed by atoms with Crippen molar-refractivity contribution in [2.24, 2.45) is 17.3 Å². The third-order valence-electron chi connectivity index (χ3n) is 7.73. The Hall–Kier alpha value is -2.10. The second kappa shape index (κ2) is 8.33. The van der Waals surface area contributed by atoms with Crippen molar-refractivity contribution >= 4 is 11.7 Å². The van der Waals surface area contributed by atoms with Gasteiger partial charge in [-0.2, -0.15) is 0 Å². The molecule has 2 saturated carbocycles. The Morgan fingerprint density at radius 1 is 1.28 bits per heavy atom. The van der Waals surface area contributed by atoms with Crippen LogP contribution in [-0.4, -0.2) is 24.8 Å². The molecule has 3 aliphatic carbocycles. The Morgan fingerprint density at radius 2 is 2.14 bits per heavy atom. The molecular formula is C25H33NO3. The molecule has 4 heteroatoms. The zero-order valence-corrected chi connectivity index (χ0v) is 17.5. The van der Waals surface area contributed by atoms with Crippen molar-refractivity contribution < 1.29 is 14.3 Å². The smallest absolute Gasteiger partial charge is 0.243 e. The number of carbonyl (C=O) groups is 2. The zero-order valence-electron chi connectivity index (χ0n) is 17.5. The number of ketones is 1. The molecule has 0 aliphatic heterocycles. The molecule has 1 amide bonds. The first kappa shape index (κ1) is 20.2. The van der Waals surface area contributed by atoms with Crippen molar-refractivity contribution in [3.8, 4) is 5.75 Å². The molecular weight excluding hydrogens is 362 g/mol. The molecule has 0 saturated heterocycles. The number of hydrogen-bond donors (Lipinski definition) is 1. The van der Waals surface area contributed by atoms with E-state index in [-0.39, 0.29) is 11.3 Å². The summed E-state index contributed by atoms with van der Waals surface area (Å²) in [7, 11) is 0. The normalized spacial score (nSPS) is 30.1. The Morgan fingerprint density at radius 3 is 2.97 bits per heavy atom. The van der Waals surface area contributed by atoms with Crippen LogP contribution in [0, 0.1) is 17.3 Å². The van der Waals surface area contributed by atoms with Gasteiger partial charge in [0.2, 0.25) is 5.91 Å². The molecule has 156 valence electrons. The third kappa shape index (κ3) is 3.86. The van der Waals surface area contributed by atoms with Gasteiger partial charge in [0.25, 0.3) is 0 Å². The lowest BCUT2D eigenvalue weighted by molar-refractivity contribution is -0.129. The summed E-state index contributed by atoms with van der Waals surface area (Å²) in [6.45, 7) is 7.00. The van der Waals surface area contributed by atoms with Crippen LogP contribution in [0.15, 0.2) is 30.9 Å². The van der Waals surface area contributed by atoms with Crippen LogP contribution in [-0.2, 0) is 16.0 Å². The maximum absolute atomic E-state index is 12.5. The summed E-state index contributed by atoms with van der Waals surface area (Å²) in [5.74, 6) is 3.22. The quantitative estimate of drug-likeness (QED) is 0.543.